The van der Waals surface area contributed by atoms with E-state index < -0.39 is 6.04 Å². The van der Waals surface area contributed by atoms with Crippen LogP contribution in [-0.2, 0) is 22.6 Å². The Hall–Kier alpha value is -2.04. The number of nitrogens with one attached hydrogen (secondary N) is 1. The average Bonchev–Trinajstić information content (AvgIpc) is 2.78. The van der Waals surface area contributed by atoms with Crippen LogP contribution in [0.2, 0.25) is 10.0 Å². The van der Waals surface area contributed by atoms with Gasteiger partial charge in [0.15, 0.2) is 0 Å². The van der Waals surface area contributed by atoms with Crippen LogP contribution in [0, 0.1) is 6.92 Å². The van der Waals surface area contributed by atoms with Crippen molar-refractivity contribution in [3.63, 3.8) is 0 Å². The number of amides is 2. The number of nitrogens with zero attached hydrogens (tertiary/aromatic N) is 1. The molecule has 0 radical (unpaired) electrons. The van der Waals surface area contributed by atoms with E-state index in [0.29, 0.717) is 28.5 Å². The highest BCUT2D eigenvalue weighted by atomic mass is 35.5. The predicted octanol–water partition coefficient (Wildman–Crippen LogP) is 6.10. The van der Waals surface area contributed by atoms with E-state index >= 15 is 0 Å². The van der Waals surface area contributed by atoms with Crippen molar-refractivity contribution in [2.45, 2.75) is 77.4 Å². The molecule has 1 aliphatic carbocycles. The SMILES string of the molecule is Cc1ccc(CCC(=O)N(Cc2c(Cl)cccc2Cl)[C@H](C)C(=O)NC2CCCCC2)cc1. The summed E-state index contributed by atoms with van der Waals surface area (Å²) in [5.41, 5.74) is 2.94. The minimum atomic E-state index is -0.616. The van der Waals surface area contributed by atoms with Gasteiger partial charge in [0.05, 0.1) is 0 Å². The van der Waals surface area contributed by atoms with Gasteiger partial charge in [-0.3, -0.25) is 9.59 Å². The molecule has 1 N–H and O–H groups in total. The molecule has 1 aliphatic rings. The summed E-state index contributed by atoms with van der Waals surface area (Å²) in [6.45, 7) is 4.02. The fourth-order valence-corrected chi connectivity index (χ4v) is 4.67. The molecule has 2 aromatic carbocycles. The zero-order chi connectivity index (χ0) is 23.1. The Labute approximate surface area is 201 Å². The minimum absolute atomic E-state index is 0.0899. The van der Waals surface area contributed by atoms with Crippen LogP contribution in [0.3, 0.4) is 0 Å². The van der Waals surface area contributed by atoms with Gasteiger partial charge < -0.3 is 10.2 Å². The lowest BCUT2D eigenvalue weighted by atomic mass is 9.95. The molecule has 0 spiro atoms. The average molecular weight is 475 g/mol. The third kappa shape index (κ3) is 6.73. The van der Waals surface area contributed by atoms with Gasteiger partial charge in [-0.05, 0) is 50.8 Å². The number of hydrogen-bond acceptors (Lipinski definition) is 2. The largest absolute Gasteiger partial charge is 0.352 e. The molecule has 3 rings (SSSR count). The highest BCUT2D eigenvalue weighted by Crippen LogP contribution is 2.27. The van der Waals surface area contributed by atoms with E-state index in [2.05, 4.69) is 5.32 Å². The standard InChI is InChI=1S/C26H32Cl2N2O2/c1-18-11-13-20(14-12-18)15-16-25(31)30(17-22-23(27)9-6-10-24(22)28)19(2)26(32)29-21-7-4-3-5-8-21/h6,9-14,19,21H,3-5,7-8,15-17H2,1-2H3,(H,29,32)/t19-/m1/s1. The minimum Gasteiger partial charge on any atom is -0.352 e. The van der Waals surface area contributed by atoms with Crippen LogP contribution in [0.25, 0.3) is 0 Å². The van der Waals surface area contributed by atoms with Gasteiger partial charge in [-0.15, -0.1) is 0 Å². The molecule has 0 aromatic heterocycles. The number of carbonyl (C=O) groups is 2. The van der Waals surface area contributed by atoms with Gasteiger partial charge in [-0.2, -0.15) is 0 Å². The van der Waals surface area contributed by atoms with E-state index in [0.717, 1.165) is 31.2 Å². The Morgan fingerprint density at radius 2 is 1.66 bits per heavy atom. The molecule has 1 fully saturated rings. The molecule has 0 bridgehead atoms. The number of rotatable bonds is 8. The lowest BCUT2D eigenvalue weighted by Gasteiger charge is -2.31. The quantitative estimate of drug-likeness (QED) is 0.502. The topological polar surface area (TPSA) is 49.4 Å². The van der Waals surface area contributed by atoms with Crippen molar-refractivity contribution < 1.29 is 9.59 Å². The fraction of sp³-hybridized carbons (Fsp3) is 0.462. The van der Waals surface area contributed by atoms with Crippen LogP contribution in [0.15, 0.2) is 42.5 Å². The van der Waals surface area contributed by atoms with Crippen molar-refractivity contribution in [1.29, 1.82) is 0 Å². The number of carbonyl (C=O) groups excluding carboxylic acids is 2. The molecule has 1 saturated carbocycles. The summed E-state index contributed by atoms with van der Waals surface area (Å²) in [4.78, 5) is 28.0. The zero-order valence-corrected chi connectivity index (χ0v) is 20.4. The van der Waals surface area contributed by atoms with E-state index in [9.17, 15) is 9.59 Å². The predicted molar refractivity (Wildman–Crippen MR) is 131 cm³/mol. The molecule has 172 valence electrons. The van der Waals surface area contributed by atoms with Crippen LogP contribution in [0.1, 0.15) is 62.1 Å². The summed E-state index contributed by atoms with van der Waals surface area (Å²) in [5.74, 6) is -0.211. The molecular formula is C26H32Cl2N2O2. The number of aryl methyl sites for hydroxylation is 2. The third-order valence-corrected chi connectivity index (χ3v) is 6.97. The van der Waals surface area contributed by atoms with Crippen molar-refractivity contribution in [1.82, 2.24) is 10.2 Å². The smallest absolute Gasteiger partial charge is 0.242 e. The van der Waals surface area contributed by atoms with E-state index in [-0.39, 0.29) is 24.4 Å². The van der Waals surface area contributed by atoms with Crippen LogP contribution in [0.5, 0.6) is 0 Å². The number of hydrogen-bond donors (Lipinski definition) is 1. The molecule has 2 aromatic rings. The van der Waals surface area contributed by atoms with Crippen molar-refractivity contribution in [3.05, 3.63) is 69.2 Å². The van der Waals surface area contributed by atoms with Crippen molar-refractivity contribution in [2.24, 2.45) is 0 Å². The summed E-state index contributed by atoms with van der Waals surface area (Å²) in [5, 5.41) is 4.14. The first-order valence-corrected chi connectivity index (χ1v) is 12.2. The van der Waals surface area contributed by atoms with Crippen LogP contribution in [-0.4, -0.2) is 28.8 Å². The number of halogens is 2. The van der Waals surface area contributed by atoms with Gasteiger partial charge in [-0.25, -0.2) is 0 Å². The molecule has 0 aliphatic heterocycles. The van der Waals surface area contributed by atoms with E-state index in [4.69, 9.17) is 23.2 Å². The van der Waals surface area contributed by atoms with Gasteiger partial charge in [0, 0.05) is 34.6 Å². The molecule has 0 unspecified atom stereocenters. The molecule has 1 atom stereocenters. The third-order valence-electron chi connectivity index (χ3n) is 6.26. The van der Waals surface area contributed by atoms with E-state index in [1.165, 1.54) is 12.0 Å². The first kappa shape index (κ1) is 24.6. The molecule has 0 heterocycles. The summed E-state index contributed by atoms with van der Waals surface area (Å²) < 4.78 is 0. The van der Waals surface area contributed by atoms with Gasteiger partial charge in [0.25, 0.3) is 0 Å². The first-order valence-electron chi connectivity index (χ1n) is 11.4. The van der Waals surface area contributed by atoms with Crippen molar-refractivity contribution in [3.8, 4) is 0 Å². The highest BCUT2D eigenvalue weighted by Gasteiger charge is 2.29. The highest BCUT2D eigenvalue weighted by molar-refractivity contribution is 6.36. The van der Waals surface area contributed by atoms with Gasteiger partial charge in [0.1, 0.15) is 6.04 Å². The van der Waals surface area contributed by atoms with Gasteiger partial charge in [-0.1, -0.05) is 78.4 Å². The maximum Gasteiger partial charge on any atom is 0.242 e. The summed E-state index contributed by atoms with van der Waals surface area (Å²) in [6.07, 6.45) is 6.40. The summed E-state index contributed by atoms with van der Waals surface area (Å²) in [6, 6.07) is 13.0. The van der Waals surface area contributed by atoms with Gasteiger partial charge in [0.2, 0.25) is 11.8 Å². The molecular weight excluding hydrogens is 443 g/mol. The summed E-state index contributed by atoms with van der Waals surface area (Å²) >= 11 is 12.8. The molecule has 0 saturated heterocycles. The van der Waals surface area contributed by atoms with Crippen molar-refractivity contribution in [2.75, 3.05) is 0 Å². The molecule has 32 heavy (non-hydrogen) atoms. The molecule has 6 heteroatoms. The summed E-state index contributed by atoms with van der Waals surface area (Å²) in [7, 11) is 0. The molecule has 2 amide bonds. The van der Waals surface area contributed by atoms with E-state index in [1.54, 1.807) is 30.0 Å². The Kier molecular flexibility index (Phi) is 9.01. The Morgan fingerprint density at radius 1 is 1.03 bits per heavy atom. The normalized spacial score (nSPS) is 15.2. The maximum atomic E-state index is 13.3. The second-order valence-electron chi connectivity index (χ2n) is 8.73. The first-order chi connectivity index (χ1) is 15.3. The zero-order valence-electron chi connectivity index (χ0n) is 18.9. The lowest BCUT2D eigenvalue weighted by molar-refractivity contribution is -0.141. The Balaban J connectivity index is 1.75. The van der Waals surface area contributed by atoms with E-state index in [1.807, 2.05) is 31.2 Å². The maximum absolute atomic E-state index is 13.3. The van der Waals surface area contributed by atoms with Crippen LogP contribution in [0.4, 0.5) is 0 Å². The van der Waals surface area contributed by atoms with Gasteiger partial charge >= 0.3 is 0 Å². The Bertz CT molecular complexity index is 904. The fourth-order valence-electron chi connectivity index (χ4n) is 4.15. The second kappa shape index (κ2) is 11.7. The van der Waals surface area contributed by atoms with Crippen molar-refractivity contribution >= 4 is 35.0 Å². The Morgan fingerprint density at radius 3 is 2.28 bits per heavy atom. The van der Waals surface area contributed by atoms with Crippen LogP contribution < -0.4 is 5.32 Å². The number of benzene rings is 2. The van der Waals surface area contributed by atoms with Crippen LogP contribution >= 0.6 is 23.2 Å². The lowest BCUT2D eigenvalue weighted by Crippen LogP contribution is -2.50. The monoisotopic (exact) mass is 474 g/mol. The second-order valence-corrected chi connectivity index (χ2v) is 9.54. The molecule has 4 nitrogen and oxygen atoms in total.